The van der Waals surface area contributed by atoms with Crippen molar-refractivity contribution in [1.82, 2.24) is 15.1 Å². The zero-order valence-electron chi connectivity index (χ0n) is 12.9. The number of carbonyl (C=O) groups excluding carboxylic acids is 1. The van der Waals surface area contributed by atoms with E-state index in [1.54, 1.807) is 4.68 Å². The van der Waals surface area contributed by atoms with Crippen LogP contribution in [-0.4, -0.2) is 22.3 Å². The van der Waals surface area contributed by atoms with Crippen LogP contribution in [0.4, 0.5) is 0 Å². The molecule has 1 aromatic carbocycles. The van der Waals surface area contributed by atoms with E-state index in [9.17, 15) is 4.79 Å². The minimum absolute atomic E-state index is 0.00844. The van der Waals surface area contributed by atoms with E-state index in [-0.39, 0.29) is 18.6 Å². The zero-order valence-corrected chi connectivity index (χ0v) is 12.9. The van der Waals surface area contributed by atoms with Gasteiger partial charge in [0, 0.05) is 18.8 Å². The molecule has 0 radical (unpaired) electrons. The number of benzene rings is 1. The van der Waals surface area contributed by atoms with Crippen molar-refractivity contribution in [3.05, 3.63) is 47.3 Å². The largest absolute Gasteiger partial charge is 0.484 e. The Labute approximate surface area is 124 Å². The molecular weight excluding hydrogens is 266 g/mol. The molecule has 0 aliphatic rings. The number of carbonyl (C=O) groups is 1. The molecule has 1 aromatic heterocycles. The van der Waals surface area contributed by atoms with Crippen LogP contribution < -0.4 is 10.1 Å². The quantitative estimate of drug-likeness (QED) is 0.918. The van der Waals surface area contributed by atoms with Gasteiger partial charge in [0.05, 0.1) is 11.7 Å². The van der Waals surface area contributed by atoms with Crippen molar-refractivity contribution in [2.75, 3.05) is 6.61 Å². The van der Waals surface area contributed by atoms with E-state index in [2.05, 4.69) is 10.4 Å². The monoisotopic (exact) mass is 287 g/mol. The second-order valence-corrected chi connectivity index (χ2v) is 5.19. The van der Waals surface area contributed by atoms with Gasteiger partial charge in [0.15, 0.2) is 6.61 Å². The summed E-state index contributed by atoms with van der Waals surface area (Å²) in [7, 11) is 1.87. The topological polar surface area (TPSA) is 56.1 Å². The van der Waals surface area contributed by atoms with Gasteiger partial charge in [-0.2, -0.15) is 5.10 Å². The van der Waals surface area contributed by atoms with E-state index in [0.717, 1.165) is 22.6 Å². The number of nitrogens with one attached hydrogen (secondary N) is 1. The normalized spacial score (nSPS) is 12.0. The van der Waals surface area contributed by atoms with Crippen molar-refractivity contribution < 1.29 is 9.53 Å². The number of ether oxygens (including phenoxy) is 1. The second-order valence-electron chi connectivity index (χ2n) is 5.19. The molecule has 0 spiro atoms. The maximum absolute atomic E-state index is 12.0. The number of aromatic nitrogens is 2. The number of rotatable bonds is 5. The number of hydrogen-bond donors (Lipinski definition) is 1. The van der Waals surface area contributed by atoms with Gasteiger partial charge in [-0.15, -0.1) is 0 Å². The Bertz CT molecular complexity index is 634. The molecule has 5 heteroatoms. The van der Waals surface area contributed by atoms with E-state index >= 15 is 0 Å². The van der Waals surface area contributed by atoms with E-state index in [1.165, 1.54) is 0 Å². The molecule has 2 aromatic rings. The van der Waals surface area contributed by atoms with Crippen molar-refractivity contribution in [1.29, 1.82) is 0 Å². The second kappa shape index (κ2) is 6.43. The fourth-order valence-corrected chi connectivity index (χ4v) is 2.27. The number of amides is 1. The first-order valence-corrected chi connectivity index (χ1v) is 6.95. The number of nitrogens with zero attached hydrogens (tertiary/aromatic N) is 2. The SMILES string of the molecule is Cc1ccccc1OCC(=O)NC(C)c1cn(C)nc1C. The Hall–Kier alpha value is -2.30. The summed E-state index contributed by atoms with van der Waals surface area (Å²) in [6, 6.07) is 7.55. The molecule has 5 nitrogen and oxygen atoms in total. The molecule has 1 heterocycles. The van der Waals surface area contributed by atoms with Crippen molar-refractivity contribution >= 4 is 5.91 Å². The van der Waals surface area contributed by atoms with Crippen molar-refractivity contribution in [3.63, 3.8) is 0 Å². The van der Waals surface area contributed by atoms with Gasteiger partial charge in [0.25, 0.3) is 5.91 Å². The number of hydrogen-bond acceptors (Lipinski definition) is 3. The first-order chi connectivity index (χ1) is 9.97. The Morgan fingerprint density at radius 3 is 2.71 bits per heavy atom. The van der Waals surface area contributed by atoms with Crippen LogP contribution in [0.2, 0.25) is 0 Å². The molecule has 0 bridgehead atoms. The summed E-state index contributed by atoms with van der Waals surface area (Å²) in [5, 5.41) is 7.20. The van der Waals surface area contributed by atoms with E-state index in [4.69, 9.17) is 4.74 Å². The highest BCUT2D eigenvalue weighted by atomic mass is 16.5. The maximum atomic E-state index is 12.0. The maximum Gasteiger partial charge on any atom is 0.258 e. The lowest BCUT2D eigenvalue weighted by Crippen LogP contribution is -2.31. The Morgan fingerprint density at radius 2 is 2.10 bits per heavy atom. The molecular formula is C16H21N3O2. The van der Waals surface area contributed by atoms with Gasteiger partial charge in [-0.3, -0.25) is 9.48 Å². The van der Waals surface area contributed by atoms with Crippen LogP contribution in [-0.2, 0) is 11.8 Å². The predicted octanol–water partition coefficient (Wildman–Crippen LogP) is 2.29. The Balaban J connectivity index is 1.90. The highest BCUT2D eigenvalue weighted by molar-refractivity contribution is 5.78. The molecule has 1 N–H and O–H groups in total. The number of aryl methyl sites for hydroxylation is 3. The van der Waals surface area contributed by atoms with Crippen LogP contribution in [0.5, 0.6) is 5.75 Å². The van der Waals surface area contributed by atoms with Gasteiger partial charge < -0.3 is 10.1 Å². The average Bonchev–Trinajstić information content (AvgIpc) is 2.77. The predicted molar refractivity (Wildman–Crippen MR) is 81.2 cm³/mol. The van der Waals surface area contributed by atoms with Crippen LogP contribution in [0.15, 0.2) is 30.5 Å². The third-order valence-corrected chi connectivity index (χ3v) is 3.35. The molecule has 1 unspecified atom stereocenters. The van der Waals surface area contributed by atoms with Gasteiger partial charge in [-0.05, 0) is 32.4 Å². The third kappa shape index (κ3) is 3.84. The summed E-state index contributed by atoms with van der Waals surface area (Å²) in [5.41, 5.74) is 2.95. The molecule has 2 rings (SSSR count). The van der Waals surface area contributed by atoms with Crippen LogP contribution in [0, 0.1) is 13.8 Å². The smallest absolute Gasteiger partial charge is 0.258 e. The fraction of sp³-hybridized carbons (Fsp3) is 0.375. The summed E-state index contributed by atoms with van der Waals surface area (Å²) in [6.45, 7) is 5.83. The van der Waals surface area contributed by atoms with Gasteiger partial charge in [0.1, 0.15) is 5.75 Å². The van der Waals surface area contributed by atoms with E-state index < -0.39 is 0 Å². The van der Waals surface area contributed by atoms with Gasteiger partial charge >= 0.3 is 0 Å². The van der Waals surface area contributed by atoms with Gasteiger partial charge in [-0.25, -0.2) is 0 Å². The van der Waals surface area contributed by atoms with Crippen molar-refractivity contribution in [2.45, 2.75) is 26.8 Å². The summed E-state index contributed by atoms with van der Waals surface area (Å²) >= 11 is 0. The van der Waals surface area contributed by atoms with Gasteiger partial charge in [0.2, 0.25) is 0 Å². The average molecular weight is 287 g/mol. The molecule has 1 atom stereocenters. The van der Waals surface area contributed by atoms with Crippen LogP contribution in [0.3, 0.4) is 0 Å². The minimum Gasteiger partial charge on any atom is -0.484 e. The molecule has 21 heavy (non-hydrogen) atoms. The highest BCUT2D eigenvalue weighted by Gasteiger charge is 2.14. The standard InChI is InChI=1S/C16H21N3O2/c1-11-7-5-6-8-15(11)21-10-16(20)17-12(2)14-9-19(4)18-13(14)3/h5-9,12H,10H2,1-4H3,(H,17,20). The van der Waals surface area contributed by atoms with E-state index in [0.29, 0.717) is 0 Å². The van der Waals surface area contributed by atoms with Crippen molar-refractivity contribution in [2.24, 2.45) is 7.05 Å². The highest BCUT2D eigenvalue weighted by Crippen LogP contribution is 2.17. The molecule has 0 aliphatic carbocycles. The molecule has 0 saturated carbocycles. The Kier molecular flexibility index (Phi) is 4.62. The van der Waals surface area contributed by atoms with Crippen molar-refractivity contribution in [3.8, 4) is 5.75 Å². The molecule has 0 fully saturated rings. The summed E-state index contributed by atoms with van der Waals surface area (Å²) < 4.78 is 7.29. The minimum atomic E-state index is -0.144. The molecule has 0 saturated heterocycles. The molecule has 1 amide bonds. The van der Waals surface area contributed by atoms with Gasteiger partial charge in [-0.1, -0.05) is 18.2 Å². The van der Waals surface area contributed by atoms with Crippen LogP contribution >= 0.6 is 0 Å². The summed E-state index contributed by atoms with van der Waals surface area (Å²) in [6.07, 6.45) is 1.92. The Morgan fingerprint density at radius 1 is 1.38 bits per heavy atom. The van der Waals surface area contributed by atoms with Crippen LogP contribution in [0.1, 0.15) is 29.8 Å². The van der Waals surface area contributed by atoms with E-state index in [1.807, 2.05) is 58.3 Å². The summed E-state index contributed by atoms with van der Waals surface area (Å²) in [4.78, 5) is 12.0. The summed E-state index contributed by atoms with van der Waals surface area (Å²) in [5.74, 6) is 0.590. The third-order valence-electron chi connectivity index (χ3n) is 3.35. The first kappa shape index (κ1) is 15.1. The molecule has 0 aliphatic heterocycles. The zero-order chi connectivity index (χ0) is 15.4. The lowest BCUT2D eigenvalue weighted by molar-refractivity contribution is -0.123. The lowest BCUT2D eigenvalue weighted by Gasteiger charge is -2.14. The molecule has 112 valence electrons. The first-order valence-electron chi connectivity index (χ1n) is 6.95. The van der Waals surface area contributed by atoms with Crippen LogP contribution in [0.25, 0.3) is 0 Å². The fourth-order valence-electron chi connectivity index (χ4n) is 2.27. The number of para-hydroxylation sites is 1. The lowest BCUT2D eigenvalue weighted by atomic mass is 10.1.